The molecule has 0 radical (unpaired) electrons. The minimum absolute atomic E-state index is 0.220. The SMILES string of the molecule is CCCC1CC(NC(=O)OC(C)(C)C)CN(C(C)C2CCC2)C1. The fourth-order valence-corrected chi connectivity index (χ4v) is 3.99. The van der Waals surface area contributed by atoms with Crippen LogP contribution in [0.1, 0.15) is 73.1 Å². The van der Waals surface area contributed by atoms with Crippen molar-refractivity contribution >= 4 is 6.09 Å². The topological polar surface area (TPSA) is 41.6 Å². The molecule has 0 bridgehead atoms. The van der Waals surface area contributed by atoms with Crippen LogP contribution in [-0.4, -0.2) is 41.8 Å². The van der Waals surface area contributed by atoms with Crippen LogP contribution < -0.4 is 5.32 Å². The van der Waals surface area contributed by atoms with Crippen molar-refractivity contribution in [3.63, 3.8) is 0 Å². The first-order valence-corrected chi connectivity index (χ1v) is 9.52. The Balaban J connectivity index is 1.93. The quantitative estimate of drug-likeness (QED) is 0.824. The van der Waals surface area contributed by atoms with Crippen LogP contribution in [0, 0.1) is 11.8 Å². The standard InChI is InChI=1S/C19H36N2O2/c1-6-8-15-11-17(20-18(22)23-19(3,4)5)13-21(12-15)14(2)16-9-7-10-16/h14-17H,6-13H2,1-5H3,(H,20,22). The van der Waals surface area contributed by atoms with Crippen molar-refractivity contribution in [1.82, 2.24) is 10.2 Å². The second kappa shape index (κ2) is 7.87. The lowest BCUT2D eigenvalue weighted by molar-refractivity contribution is 0.0307. The Morgan fingerprint density at radius 2 is 2.00 bits per heavy atom. The summed E-state index contributed by atoms with van der Waals surface area (Å²) < 4.78 is 5.44. The number of carbonyl (C=O) groups excluding carboxylic acids is 1. The lowest BCUT2D eigenvalue weighted by Gasteiger charge is -2.45. The van der Waals surface area contributed by atoms with Crippen LogP contribution in [0.4, 0.5) is 4.79 Å². The van der Waals surface area contributed by atoms with Crippen molar-refractivity contribution in [3.05, 3.63) is 0 Å². The monoisotopic (exact) mass is 324 g/mol. The normalized spacial score (nSPS) is 28.0. The summed E-state index contributed by atoms with van der Waals surface area (Å²) in [6.07, 6.45) is 7.42. The molecule has 1 aliphatic carbocycles. The van der Waals surface area contributed by atoms with Crippen molar-refractivity contribution in [2.24, 2.45) is 11.8 Å². The molecule has 1 heterocycles. The maximum atomic E-state index is 12.1. The molecular formula is C19H36N2O2. The van der Waals surface area contributed by atoms with Crippen molar-refractivity contribution in [3.8, 4) is 0 Å². The van der Waals surface area contributed by atoms with Gasteiger partial charge in [-0.3, -0.25) is 4.90 Å². The van der Waals surface area contributed by atoms with Gasteiger partial charge in [-0.1, -0.05) is 19.8 Å². The van der Waals surface area contributed by atoms with Crippen LogP contribution in [0.25, 0.3) is 0 Å². The van der Waals surface area contributed by atoms with Gasteiger partial charge in [0.1, 0.15) is 5.60 Å². The van der Waals surface area contributed by atoms with E-state index < -0.39 is 5.60 Å². The minimum atomic E-state index is -0.430. The van der Waals surface area contributed by atoms with Crippen LogP contribution in [0.2, 0.25) is 0 Å². The minimum Gasteiger partial charge on any atom is -0.444 e. The second-order valence-electron chi connectivity index (χ2n) is 8.62. The fraction of sp³-hybridized carbons (Fsp3) is 0.947. The van der Waals surface area contributed by atoms with Gasteiger partial charge in [0.15, 0.2) is 0 Å². The number of amides is 1. The van der Waals surface area contributed by atoms with Gasteiger partial charge in [-0.05, 0) is 65.2 Å². The number of rotatable bonds is 5. The average molecular weight is 325 g/mol. The summed E-state index contributed by atoms with van der Waals surface area (Å²) in [5, 5.41) is 3.12. The van der Waals surface area contributed by atoms with Gasteiger partial charge in [0, 0.05) is 25.2 Å². The Labute approximate surface area is 142 Å². The number of ether oxygens (including phenoxy) is 1. The Bertz CT molecular complexity index is 387. The van der Waals surface area contributed by atoms with Crippen molar-refractivity contribution in [2.75, 3.05) is 13.1 Å². The molecule has 0 aromatic rings. The van der Waals surface area contributed by atoms with Gasteiger partial charge in [0.25, 0.3) is 0 Å². The van der Waals surface area contributed by atoms with Gasteiger partial charge in [0.2, 0.25) is 0 Å². The number of nitrogens with zero attached hydrogens (tertiary/aromatic N) is 1. The molecule has 2 aliphatic rings. The highest BCUT2D eigenvalue weighted by Crippen LogP contribution is 2.34. The van der Waals surface area contributed by atoms with Crippen molar-refractivity contribution < 1.29 is 9.53 Å². The Kier molecular flexibility index (Phi) is 6.35. The zero-order valence-corrected chi connectivity index (χ0v) is 15.7. The maximum Gasteiger partial charge on any atom is 0.407 e. The average Bonchev–Trinajstić information content (AvgIpc) is 2.34. The van der Waals surface area contributed by atoms with E-state index in [9.17, 15) is 4.79 Å². The number of nitrogens with one attached hydrogen (secondary N) is 1. The van der Waals surface area contributed by atoms with Crippen molar-refractivity contribution in [1.29, 1.82) is 0 Å². The third-order valence-corrected chi connectivity index (χ3v) is 5.39. The van der Waals surface area contributed by atoms with Crippen LogP contribution in [0.15, 0.2) is 0 Å². The fourth-order valence-electron chi connectivity index (χ4n) is 3.99. The molecule has 0 aromatic heterocycles. The summed E-state index contributed by atoms with van der Waals surface area (Å²) in [6, 6.07) is 0.865. The summed E-state index contributed by atoms with van der Waals surface area (Å²) in [6.45, 7) is 12.5. The molecule has 2 fully saturated rings. The van der Waals surface area contributed by atoms with Crippen LogP contribution in [-0.2, 0) is 4.74 Å². The van der Waals surface area contributed by atoms with Crippen LogP contribution in [0.3, 0.4) is 0 Å². The first-order valence-electron chi connectivity index (χ1n) is 9.52. The van der Waals surface area contributed by atoms with Crippen LogP contribution >= 0.6 is 0 Å². The zero-order valence-electron chi connectivity index (χ0n) is 15.7. The summed E-state index contributed by atoms with van der Waals surface area (Å²) in [4.78, 5) is 14.7. The van der Waals surface area contributed by atoms with Crippen molar-refractivity contribution in [2.45, 2.75) is 90.8 Å². The first kappa shape index (κ1) is 18.6. The molecule has 1 saturated carbocycles. The first-order chi connectivity index (χ1) is 10.8. The molecule has 0 spiro atoms. The molecule has 134 valence electrons. The molecule has 3 unspecified atom stereocenters. The highest BCUT2D eigenvalue weighted by Gasteiger charge is 2.35. The number of hydrogen-bond donors (Lipinski definition) is 1. The third-order valence-electron chi connectivity index (χ3n) is 5.39. The van der Waals surface area contributed by atoms with E-state index in [2.05, 4.69) is 24.1 Å². The van der Waals surface area contributed by atoms with E-state index in [1.54, 1.807) is 0 Å². The Hall–Kier alpha value is -0.770. The van der Waals surface area contributed by atoms with Gasteiger partial charge >= 0.3 is 6.09 Å². The lowest BCUT2D eigenvalue weighted by atomic mass is 9.78. The predicted molar refractivity (Wildman–Crippen MR) is 94.5 cm³/mol. The molecule has 4 heteroatoms. The van der Waals surface area contributed by atoms with Gasteiger partial charge in [-0.15, -0.1) is 0 Å². The molecule has 1 aliphatic heterocycles. The lowest BCUT2D eigenvalue weighted by Crippen LogP contribution is -2.55. The number of hydrogen-bond acceptors (Lipinski definition) is 3. The third kappa shape index (κ3) is 5.66. The highest BCUT2D eigenvalue weighted by molar-refractivity contribution is 5.68. The van der Waals surface area contributed by atoms with E-state index in [0.29, 0.717) is 12.0 Å². The maximum absolute atomic E-state index is 12.1. The number of carbonyl (C=O) groups is 1. The number of piperidine rings is 1. The van der Waals surface area contributed by atoms with Gasteiger partial charge < -0.3 is 10.1 Å². The van der Waals surface area contributed by atoms with Crippen LogP contribution in [0.5, 0.6) is 0 Å². The van der Waals surface area contributed by atoms with E-state index in [1.165, 1.54) is 38.6 Å². The zero-order chi connectivity index (χ0) is 17.0. The van der Waals surface area contributed by atoms with E-state index in [-0.39, 0.29) is 12.1 Å². The summed E-state index contributed by atoms with van der Waals surface area (Å²) >= 11 is 0. The van der Waals surface area contributed by atoms with E-state index in [0.717, 1.165) is 18.9 Å². The van der Waals surface area contributed by atoms with Gasteiger partial charge in [0.05, 0.1) is 0 Å². The molecule has 1 N–H and O–H groups in total. The Morgan fingerprint density at radius 1 is 1.30 bits per heavy atom. The highest BCUT2D eigenvalue weighted by atomic mass is 16.6. The summed E-state index contributed by atoms with van der Waals surface area (Å²) in [5.41, 5.74) is -0.430. The summed E-state index contributed by atoms with van der Waals surface area (Å²) in [7, 11) is 0. The van der Waals surface area contributed by atoms with Gasteiger partial charge in [-0.25, -0.2) is 4.79 Å². The molecule has 3 atom stereocenters. The predicted octanol–water partition coefficient (Wildman–Crippen LogP) is 4.19. The summed E-state index contributed by atoms with van der Waals surface area (Å²) in [5.74, 6) is 1.55. The largest absolute Gasteiger partial charge is 0.444 e. The van der Waals surface area contributed by atoms with E-state index in [1.807, 2.05) is 20.8 Å². The molecule has 23 heavy (non-hydrogen) atoms. The van der Waals surface area contributed by atoms with Gasteiger partial charge in [-0.2, -0.15) is 0 Å². The van der Waals surface area contributed by atoms with E-state index in [4.69, 9.17) is 4.74 Å². The second-order valence-corrected chi connectivity index (χ2v) is 8.62. The molecular weight excluding hydrogens is 288 g/mol. The number of alkyl carbamates (subject to hydrolysis) is 1. The number of likely N-dealkylation sites (tertiary alicyclic amines) is 1. The Morgan fingerprint density at radius 3 is 2.52 bits per heavy atom. The molecule has 2 rings (SSSR count). The molecule has 4 nitrogen and oxygen atoms in total. The smallest absolute Gasteiger partial charge is 0.407 e. The molecule has 1 amide bonds. The molecule has 0 aromatic carbocycles. The van der Waals surface area contributed by atoms with E-state index >= 15 is 0 Å². The molecule has 1 saturated heterocycles.